The second kappa shape index (κ2) is 6.18. The van der Waals surface area contributed by atoms with Crippen molar-refractivity contribution in [2.45, 2.75) is 52.1 Å². The number of ether oxygens (including phenoxy) is 1. The Kier molecular flexibility index (Phi) is 4.71. The molecule has 0 aliphatic carbocycles. The van der Waals surface area contributed by atoms with Crippen LogP contribution in [0.25, 0.3) is 0 Å². The van der Waals surface area contributed by atoms with Gasteiger partial charge in [0.25, 0.3) is 0 Å². The molecule has 118 valence electrons. The number of hydrogen-bond donors (Lipinski definition) is 1. The molecule has 0 spiro atoms. The van der Waals surface area contributed by atoms with E-state index in [1.54, 1.807) is 7.11 Å². The molecule has 1 aromatic rings. The predicted molar refractivity (Wildman–Crippen MR) is 87.3 cm³/mol. The van der Waals surface area contributed by atoms with Gasteiger partial charge in [-0.3, -0.25) is 0 Å². The van der Waals surface area contributed by atoms with Crippen molar-refractivity contribution in [3.63, 3.8) is 0 Å². The number of piperidine rings is 1. The van der Waals surface area contributed by atoms with Crippen LogP contribution in [0.15, 0.2) is 0 Å². The SMILES string of the molecule is CNc1nc(C(C)C)nc(N2CCCC(C)(OC)C2)c1C. The average Bonchev–Trinajstić information content (AvgIpc) is 2.47. The quantitative estimate of drug-likeness (QED) is 0.924. The summed E-state index contributed by atoms with van der Waals surface area (Å²) < 4.78 is 5.70. The van der Waals surface area contributed by atoms with E-state index in [0.717, 1.165) is 49.0 Å². The molecule has 5 nitrogen and oxygen atoms in total. The van der Waals surface area contributed by atoms with E-state index < -0.39 is 0 Å². The maximum absolute atomic E-state index is 5.70. The van der Waals surface area contributed by atoms with Crippen LogP contribution in [-0.4, -0.2) is 42.8 Å². The Labute approximate surface area is 128 Å². The molecular formula is C16H28N4O. The molecule has 1 aromatic heterocycles. The van der Waals surface area contributed by atoms with Crippen molar-refractivity contribution in [3.05, 3.63) is 11.4 Å². The lowest BCUT2D eigenvalue weighted by molar-refractivity contribution is -0.00484. The minimum absolute atomic E-state index is 0.0898. The van der Waals surface area contributed by atoms with Gasteiger partial charge in [-0.05, 0) is 26.7 Å². The van der Waals surface area contributed by atoms with Crippen molar-refractivity contribution in [3.8, 4) is 0 Å². The minimum atomic E-state index is -0.0898. The average molecular weight is 292 g/mol. The molecule has 1 fully saturated rings. The monoisotopic (exact) mass is 292 g/mol. The van der Waals surface area contributed by atoms with Gasteiger partial charge >= 0.3 is 0 Å². The molecule has 2 heterocycles. The van der Waals surface area contributed by atoms with E-state index >= 15 is 0 Å². The van der Waals surface area contributed by atoms with Crippen molar-refractivity contribution >= 4 is 11.6 Å². The van der Waals surface area contributed by atoms with Gasteiger partial charge in [-0.25, -0.2) is 9.97 Å². The highest BCUT2D eigenvalue weighted by molar-refractivity contribution is 5.59. The smallest absolute Gasteiger partial charge is 0.137 e. The zero-order valence-corrected chi connectivity index (χ0v) is 14.2. The predicted octanol–water partition coefficient (Wildman–Crippen LogP) is 2.96. The molecule has 2 rings (SSSR count). The summed E-state index contributed by atoms with van der Waals surface area (Å²) in [6.45, 7) is 10.4. The molecule has 0 bridgehead atoms. The molecule has 1 unspecified atom stereocenters. The van der Waals surface area contributed by atoms with E-state index in [2.05, 4.69) is 42.9 Å². The Balaban J connectivity index is 2.40. The summed E-state index contributed by atoms with van der Waals surface area (Å²) in [6, 6.07) is 0. The number of methoxy groups -OCH3 is 1. The van der Waals surface area contributed by atoms with Crippen LogP contribution in [0.3, 0.4) is 0 Å². The fourth-order valence-electron chi connectivity index (χ4n) is 2.88. The number of nitrogens with zero attached hydrogens (tertiary/aromatic N) is 3. The van der Waals surface area contributed by atoms with Crippen molar-refractivity contribution in [1.82, 2.24) is 9.97 Å². The first-order chi connectivity index (χ1) is 9.90. The molecule has 1 atom stereocenters. The fourth-order valence-corrected chi connectivity index (χ4v) is 2.88. The van der Waals surface area contributed by atoms with Crippen LogP contribution in [0.5, 0.6) is 0 Å². The highest BCUT2D eigenvalue weighted by Crippen LogP contribution is 2.31. The van der Waals surface area contributed by atoms with E-state index in [0.29, 0.717) is 5.92 Å². The first-order valence-corrected chi connectivity index (χ1v) is 7.76. The van der Waals surface area contributed by atoms with Gasteiger partial charge in [0.2, 0.25) is 0 Å². The van der Waals surface area contributed by atoms with Crippen LogP contribution in [-0.2, 0) is 4.74 Å². The van der Waals surface area contributed by atoms with Gasteiger partial charge in [-0.1, -0.05) is 13.8 Å². The first kappa shape index (κ1) is 16.0. The molecule has 0 amide bonds. The maximum Gasteiger partial charge on any atom is 0.137 e. The van der Waals surface area contributed by atoms with Crippen LogP contribution in [0.4, 0.5) is 11.6 Å². The van der Waals surface area contributed by atoms with E-state index in [9.17, 15) is 0 Å². The standard InChI is InChI=1S/C16H28N4O/c1-11(2)13-18-14(17-5)12(3)15(19-13)20-9-7-8-16(4,10-20)21-6/h11H,7-10H2,1-6H3,(H,17,18,19). The Bertz CT molecular complexity index is 503. The normalized spacial score (nSPS) is 22.7. The molecule has 21 heavy (non-hydrogen) atoms. The van der Waals surface area contributed by atoms with Gasteiger partial charge in [0.1, 0.15) is 17.5 Å². The van der Waals surface area contributed by atoms with Gasteiger partial charge in [0.15, 0.2) is 0 Å². The lowest BCUT2D eigenvalue weighted by Gasteiger charge is -2.40. The highest BCUT2D eigenvalue weighted by atomic mass is 16.5. The van der Waals surface area contributed by atoms with Crippen molar-refractivity contribution < 1.29 is 4.74 Å². The van der Waals surface area contributed by atoms with Gasteiger partial charge in [0, 0.05) is 38.7 Å². The molecule has 5 heteroatoms. The molecule has 0 aromatic carbocycles. The largest absolute Gasteiger partial charge is 0.377 e. The Hall–Kier alpha value is -1.36. The summed E-state index contributed by atoms with van der Waals surface area (Å²) in [6.07, 6.45) is 2.22. The molecule has 1 saturated heterocycles. The van der Waals surface area contributed by atoms with E-state index in [1.165, 1.54) is 0 Å². The van der Waals surface area contributed by atoms with Gasteiger partial charge in [-0.15, -0.1) is 0 Å². The van der Waals surface area contributed by atoms with Crippen molar-refractivity contribution in [2.75, 3.05) is 37.5 Å². The summed E-state index contributed by atoms with van der Waals surface area (Å²) in [5.74, 6) is 3.18. The Morgan fingerprint density at radius 2 is 2.05 bits per heavy atom. The number of anilines is 2. The maximum atomic E-state index is 5.70. The summed E-state index contributed by atoms with van der Waals surface area (Å²) in [5.41, 5.74) is 1.02. The molecular weight excluding hydrogens is 264 g/mol. The lowest BCUT2D eigenvalue weighted by atomic mass is 9.94. The first-order valence-electron chi connectivity index (χ1n) is 7.76. The van der Waals surface area contributed by atoms with Crippen LogP contribution >= 0.6 is 0 Å². The summed E-state index contributed by atoms with van der Waals surface area (Å²) in [5, 5.41) is 3.20. The second-order valence-electron chi connectivity index (χ2n) is 6.46. The molecule has 0 radical (unpaired) electrons. The Morgan fingerprint density at radius 1 is 1.33 bits per heavy atom. The third kappa shape index (κ3) is 3.28. The van der Waals surface area contributed by atoms with Crippen molar-refractivity contribution in [1.29, 1.82) is 0 Å². The van der Waals surface area contributed by atoms with Gasteiger partial charge in [0.05, 0.1) is 5.60 Å². The van der Waals surface area contributed by atoms with Crippen LogP contribution < -0.4 is 10.2 Å². The summed E-state index contributed by atoms with van der Waals surface area (Å²) in [4.78, 5) is 11.8. The number of rotatable bonds is 4. The molecule has 1 aliphatic heterocycles. The van der Waals surface area contributed by atoms with Gasteiger partial charge < -0.3 is 15.0 Å². The summed E-state index contributed by atoms with van der Waals surface area (Å²) >= 11 is 0. The van der Waals surface area contributed by atoms with E-state index in [-0.39, 0.29) is 5.60 Å². The van der Waals surface area contributed by atoms with Crippen LogP contribution in [0.2, 0.25) is 0 Å². The topological polar surface area (TPSA) is 50.3 Å². The number of hydrogen-bond acceptors (Lipinski definition) is 5. The number of nitrogens with one attached hydrogen (secondary N) is 1. The third-order valence-electron chi connectivity index (χ3n) is 4.34. The molecule has 1 N–H and O–H groups in total. The van der Waals surface area contributed by atoms with Crippen LogP contribution in [0, 0.1) is 6.92 Å². The zero-order valence-electron chi connectivity index (χ0n) is 14.2. The highest BCUT2D eigenvalue weighted by Gasteiger charge is 2.32. The zero-order chi connectivity index (χ0) is 15.6. The summed E-state index contributed by atoms with van der Waals surface area (Å²) in [7, 11) is 3.72. The second-order valence-corrected chi connectivity index (χ2v) is 6.46. The lowest BCUT2D eigenvalue weighted by Crippen LogP contribution is -2.48. The van der Waals surface area contributed by atoms with E-state index in [4.69, 9.17) is 9.72 Å². The Morgan fingerprint density at radius 3 is 2.62 bits per heavy atom. The molecule has 0 saturated carbocycles. The van der Waals surface area contributed by atoms with E-state index in [1.807, 2.05) is 7.05 Å². The fraction of sp³-hybridized carbons (Fsp3) is 0.750. The van der Waals surface area contributed by atoms with Crippen molar-refractivity contribution in [2.24, 2.45) is 0 Å². The van der Waals surface area contributed by atoms with Crippen LogP contribution in [0.1, 0.15) is 50.9 Å². The van der Waals surface area contributed by atoms with Gasteiger partial charge in [-0.2, -0.15) is 0 Å². The third-order valence-corrected chi connectivity index (χ3v) is 4.34. The molecule has 1 aliphatic rings. The number of aromatic nitrogens is 2. The minimum Gasteiger partial charge on any atom is -0.377 e.